The molecule has 0 saturated carbocycles. The largest absolute Gasteiger partial charge is 0.497 e. The minimum absolute atomic E-state index is 0.148. The Balaban J connectivity index is 1.93. The van der Waals surface area contributed by atoms with Gasteiger partial charge in [0.05, 0.1) is 28.6 Å². The number of carboxylic acid groups (broad SMARTS) is 1. The number of nitrogens with zero attached hydrogens (tertiary/aromatic N) is 2. The smallest absolute Gasteiger partial charge is 0.327 e. The summed E-state index contributed by atoms with van der Waals surface area (Å²) in [5.74, 6) is -1.16. The van der Waals surface area contributed by atoms with Crippen LogP contribution in [0.5, 0.6) is 5.75 Å². The van der Waals surface area contributed by atoms with E-state index in [4.69, 9.17) is 21.4 Å². The molecule has 9 nitrogen and oxygen atoms in total. The summed E-state index contributed by atoms with van der Waals surface area (Å²) in [6.45, 7) is 3.39. The van der Waals surface area contributed by atoms with E-state index in [1.807, 2.05) is 0 Å². The van der Waals surface area contributed by atoms with Gasteiger partial charge in [-0.15, -0.1) is 0 Å². The van der Waals surface area contributed by atoms with Crippen molar-refractivity contribution in [2.24, 2.45) is 5.92 Å². The zero-order chi connectivity index (χ0) is 22.9. The van der Waals surface area contributed by atoms with Gasteiger partial charge in [-0.2, -0.15) is 0 Å². The van der Waals surface area contributed by atoms with Crippen molar-refractivity contribution in [2.75, 3.05) is 7.11 Å². The second-order valence-corrected chi connectivity index (χ2v) is 8.60. The molecule has 2 heterocycles. The van der Waals surface area contributed by atoms with Crippen molar-refractivity contribution in [1.82, 2.24) is 4.90 Å². The van der Waals surface area contributed by atoms with Crippen LogP contribution in [0.15, 0.2) is 39.7 Å². The topological polar surface area (TPSA) is 123 Å². The van der Waals surface area contributed by atoms with Gasteiger partial charge in [0.2, 0.25) is 0 Å². The minimum atomic E-state index is -1.14. The Morgan fingerprint density at radius 3 is 2.65 bits per heavy atom. The lowest BCUT2D eigenvalue weighted by Crippen LogP contribution is -2.47. The van der Waals surface area contributed by atoms with E-state index in [0.717, 1.165) is 16.7 Å². The number of carbonyl (C=O) groups excluding carboxylic acids is 1. The van der Waals surface area contributed by atoms with Gasteiger partial charge in [0.25, 0.3) is 11.6 Å². The molecular weight excluding hydrogens is 444 g/mol. The van der Waals surface area contributed by atoms with E-state index in [-0.39, 0.29) is 37.9 Å². The van der Waals surface area contributed by atoms with Gasteiger partial charge in [-0.05, 0) is 30.2 Å². The Hall–Kier alpha value is -3.18. The van der Waals surface area contributed by atoms with Gasteiger partial charge >= 0.3 is 5.97 Å². The van der Waals surface area contributed by atoms with Crippen molar-refractivity contribution >= 4 is 51.9 Å². The number of benzene rings is 1. The number of carbonyl (C=O) groups is 2. The molecule has 1 atom stereocenters. The van der Waals surface area contributed by atoms with Crippen molar-refractivity contribution in [2.45, 2.75) is 19.9 Å². The van der Waals surface area contributed by atoms with Crippen LogP contribution in [-0.2, 0) is 9.59 Å². The summed E-state index contributed by atoms with van der Waals surface area (Å²) in [7, 11) is 1.41. The third-order valence-corrected chi connectivity index (χ3v) is 5.88. The Morgan fingerprint density at radius 1 is 1.35 bits per heavy atom. The van der Waals surface area contributed by atoms with E-state index in [1.54, 1.807) is 32.0 Å². The molecule has 0 spiro atoms. The van der Waals surface area contributed by atoms with Gasteiger partial charge in [-0.25, -0.2) is 4.79 Å². The number of thioether (sulfide) groups is 1. The monoisotopic (exact) mass is 462 g/mol. The number of nitro benzene ring substituents is 1. The van der Waals surface area contributed by atoms with E-state index < -0.39 is 22.8 Å². The summed E-state index contributed by atoms with van der Waals surface area (Å²) in [6.07, 6.45) is 1.44. The second kappa shape index (κ2) is 8.90. The van der Waals surface area contributed by atoms with Crippen molar-refractivity contribution < 1.29 is 28.8 Å². The quantitative estimate of drug-likeness (QED) is 0.279. The average molecular weight is 463 g/mol. The fraction of sp³-hybridized carbons (Fsp3) is 0.250. The Labute approximate surface area is 186 Å². The van der Waals surface area contributed by atoms with E-state index in [9.17, 15) is 24.8 Å². The number of hydrogen-bond donors (Lipinski definition) is 1. The summed E-state index contributed by atoms with van der Waals surface area (Å²) in [5, 5.41) is 20.9. The lowest BCUT2D eigenvalue weighted by Gasteiger charge is -2.26. The highest BCUT2D eigenvalue weighted by molar-refractivity contribution is 8.26. The van der Waals surface area contributed by atoms with Crippen LogP contribution >= 0.6 is 24.0 Å². The van der Waals surface area contributed by atoms with Crippen LogP contribution in [0.4, 0.5) is 5.69 Å². The number of carboxylic acids is 1. The van der Waals surface area contributed by atoms with Gasteiger partial charge in [-0.1, -0.05) is 37.8 Å². The Bertz CT molecular complexity index is 1110. The first-order valence-electron chi connectivity index (χ1n) is 9.06. The molecule has 0 unspecified atom stereocenters. The molecule has 2 aromatic rings. The van der Waals surface area contributed by atoms with Crippen molar-refractivity contribution in [1.29, 1.82) is 0 Å². The highest BCUT2D eigenvalue weighted by Crippen LogP contribution is 2.38. The predicted molar refractivity (Wildman–Crippen MR) is 119 cm³/mol. The lowest BCUT2D eigenvalue weighted by atomic mass is 10.0. The second-order valence-electron chi connectivity index (χ2n) is 6.92. The molecule has 1 saturated heterocycles. The molecule has 3 rings (SSSR count). The van der Waals surface area contributed by atoms with Gasteiger partial charge in [-0.3, -0.25) is 19.8 Å². The standard InChI is InChI=1S/C20H18N2O7S2/c1-10(2)17(19(24)25)21-18(23)16(31-20(21)30)9-12-5-7-15(29-12)13-6-4-11(28-3)8-14(13)22(26)27/h4-10,17H,1-3H3,(H,24,25)/b16-9+/t17-/m0/s1. The number of nitro groups is 1. The lowest BCUT2D eigenvalue weighted by molar-refractivity contribution is -0.384. The minimum Gasteiger partial charge on any atom is -0.497 e. The molecule has 1 N–H and O–H groups in total. The normalized spacial score (nSPS) is 16.3. The molecule has 1 aliphatic rings. The van der Waals surface area contributed by atoms with E-state index in [0.29, 0.717) is 5.75 Å². The maximum Gasteiger partial charge on any atom is 0.327 e. The van der Waals surface area contributed by atoms with Crippen molar-refractivity contribution in [3.63, 3.8) is 0 Å². The van der Waals surface area contributed by atoms with Crippen molar-refractivity contribution in [3.05, 3.63) is 51.1 Å². The number of thiocarbonyl (C=S) groups is 1. The maximum atomic E-state index is 12.8. The average Bonchev–Trinajstić information content (AvgIpc) is 3.27. The van der Waals surface area contributed by atoms with Gasteiger partial charge in [0.15, 0.2) is 0 Å². The number of ether oxygens (including phenoxy) is 1. The number of furan rings is 1. The third kappa shape index (κ3) is 4.47. The predicted octanol–water partition coefficient (Wildman–Crippen LogP) is 4.17. The number of rotatable bonds is 7. The first-order valence-corrected chi connectivity index (χ1v) is 10.3. The highest BCUT2D eigenvalue weighted by Gasteiger charge is 2.42. The molecule has 11 heteroatoms. The van der Waals surface area contributed by atoms with E-state index >= 15 is 0 Å². The number of aliphatic carboxylic acids is 1. The maximum absolute atomic E-state index is 12.8. The van der Waals surface area contributed by atoms with Crippen LogP contribution in [0.25, 0.3) is 17.4 Å². The molecule has 1 amide bonds. The zero-order valence-corrected chi connectivity index (χ0v) is 18.4. The summed E-state index contributed by atoms with van der Waals surface area (Å²) in [6, 6.07) is 6.42. The van der Waals surface area contributed by atoms with Crippen LogP contribution < -0.4 is 4.74 Å². The first kappa shape index (κ1) is 22.5. The highest BCUT2D eigenvalue weighted by atomic mass is 32.2. The molecule has 1 aromatic carbocycles. The molecule has 31 heavy (non-hydrogen) atoms. The van der Waals surface area contributed by atoms with Crippen LogP contribution in [0, 0.1) is 16.0 Å². The Kier molecular flexibility index (Phi) is 6.46. The van der Waals surface area contributed by atoms with Crippen molar-refractivity contribution in [3.8, 4) is 17.1 Å². The van der Waals surface area contributed by atoms with Crippen LogP contribution in [-0.4, -0.2) is 44.3 Å². The number of methoxy groups -OCH3 is 1. The van der Waals surface area contributed by atoms with Crippen LogP contribution in [0.1, 0.15) is 19.6 Å². The van der Waals surface area contributed by atoms with Crippen LogP contribution in [0.3, 0.4) is 0 Å². The summed E-state index contributed by atoms with van der Waals surface area (Å²) < 4.78 is 10.9. The fourth-order valence-electron chi connectivity index (χ4n) is 3.12. The fourth-order valence-corrected chi connectivity index (χ4v) is 4.43. The summed E-state index contributed by atoms with van der Waals surface area (Å²) >= 11 is 6.20. The zero-order valence-electron chi connectivity index (χ0n) is 16.7. The molecule has 0 aliphatic carbocycles. The molecular formula is C20H18N2O7S2. The van der Waals surface area contributed by atoms with E-state index in [1.165, 1.54) is 25.3 Å². The molecule has 1 aliphatic heterocycles. The SMILES string of the molecule is COc1ccc(-c2ccc(/C=C3/SC(=S)N([C@H](C(=O)O)C(C)C)C3=O)o2)c([N+](=O)[O-])c1. The molecule has 0 bridgehead atoms. The molecule has 162 valence electrons. The summed E-state index contributed by atoms with van der Waals surface area (Å²) in [4.78, 5) is 36.6. The van der Waals surface area contributed by atoms with Gasteiger partial charge < -0.3 is 14.3 Å². The Morgan fingerprint density at radius 2 is 2.06 bits per heavy atom. The van der Waals surface area contributed by atoms with Gasteiger partial charge in [0.1, 0.15) is 27.6 Å². The first-order chi connectivity index (χ1) is 14.6. The van der Waals surface area contributed by atoms with E-state index in [2.05, 4.69) is 0 Å². The summed E-state index contributed by atoms with van der Waals surface area (Å²) in [5.41, 5.74) is 0.0663. The number of hydrogen-bond acceptors (Lipinski definition) is 8. The molecule has 0 radical (unpaired) electrons. The number of amides is 1. The molecule has 1 aromatic heterocycles. The molecule has 1 fully saturated rings. The third-order valence-electron chi connectivity index (χ3n) is 4.55. The van der Waals surface area contributed by atoms with Gasteiger partial charge in [0, 0.05) is 6.08 Å². The van der Waals surface area contributed by atoms with Crippen LogP contribution in [0.2, 0.25) is 0 Å².